The van der Waals surface area contributed by atoms with Crippen molar-refractivity contribution in [2.45, 2.75) is 25.1 Å². The third-order valence-electron chi connectivity index (χ3n) is 2.18. The zero-order valence-electron chi connectivity index (χ0n) is 8.56. The Labute approximate surface area is 106 Å². The van der Waals surface area contributed by atoms with Gasteiger partial charge in [0.1, 0.15) is 5.75 Å². The Hall–Kier alpha value is -0.650. The number of phenols is 1. The van der Waals surface area contributed by atoms with E-state index in [2.05, 4.69) is 0 Å². The molecular weight excluding hydrogens is 278 g/mol. The number of hydrogen-bond donors (Lipinski definition) is 2. The molecule has 3 N–H and O–H groups in total. The lowest BCUT2D eigenvalue weighted by atomic mass is 10.0. The van der Waals surface area contributed by atoms with Crippen LogP contribution < -0.4 is 5.73 Å². The van der Waals surface area contributed by atoms with Crippen molar-refractivity contribution in [3.8, 4) is 5.75 Å². The summed E-state index contributed by atoms with van der Waals surface area (Å²) in [6.45, 7) is 0. The molecule has 1 aromatic carbocycles. The minimum absolute atomic E-state index is 0.0599. The second-order valence-electron chi connectivity index (χ2n) is 3.58. The summed E-state index contributed by atoms with van der Waals surface area (Å²) in [4.78, 5) is 0. The van der Waals surface area contributed by atoms with Crippen LogP contribution in [0.5, 0.6) is 5.75 Å². The number of nitrogens with two attached hydrogens (primary N) is 1. The van der Waals surface area contributed by atoms with E-state index in [-0.39, 0.29) is 27.8 Å². The first-order chi connectivity index (χ1) is 7.70. The van der Waals surface area contributed by atoms with Crippen molar-refractivity contribution in [2.75, 3.05) is 0 Å². The summed E-state index contributed by atoms with van der Waals surface area (Å²) in [7, 11) is 0. The van der Waals surface area contributed by atoms with E-state index in [9.17, 15) is 18.3 Å². The number of rotatable bonds is 3. The first-order valence-corrected chi connectivity index (χ1v) is 5.46. The second-order valence-corrected chi connectivity index (χ2v) is 4.42. The van der Waals surface area contributed by atoms with Crippen LogP contribution in [0.25, 0.3) is 0 Å². The predicted molar refractivity (Wildman–Crippen MR) is 60.3 cm³/mol. The lowest BCUT2D eigenvalue weighted by Crippen LogP contribution is -2.16. The summed E-state index contributed by atoms with van der Waals surface area (Å²) in [5.41, 5.74) is 5.65. The van der Waals surface area contributed by atoms with Crippen LogP contribution in [0.4, 0.5) is 13.2 Å². The highest BCUT2D eigenvalue weighted by Gasteiger charge is 2.29. The fourth-order valence-electron chi connectivity index (χ4n) is 1.40. The lowest BCUT2D eigenvalue weighted by Gasteiger charge is -2.16. The third-order valence-corrected chi connectivity index (χ3v) is 2.71. The van der Waals surface area contributed by atoms with Gasteiger partial charge in [0.15, 0.2) is 0 Å². The summed E-state index contributed by atoms with van der Waals surface area (Å²) in [6.07, 6.45) is -5.67. The average Bonchev–Trinajstić information content (AvgIpc) is 2.11. The fourth-order valence-corrected chi connectivity index (χ4v) is 2.02. The van der Waals surface area contributed by atoms with Crippen LogP contribution >= 0.6 is 23.2 Å². The molecule has 0 spiro atoms. The molecule has 0 bridgehead atoms. The van der Waals surface area contributed by atoms with Crippen LogP contribution in [-0.4, -0.2) is 11.3 Å². The van der Waals surface area contributed by atoms with E-state index >= 15 is 0 Å². The van der Waals surface area contributed by atoms with Crippen LogP contribution in [0.2, 0.25) is 10.0 Å². The number of aromatic hydroxyl groups is 1. The molecule has 7 heteroatoms. The fraction of sp³-hybridized carbons (Fsp3) is 0.400. The lowest BCUT2D eigenvalue weighted by molar-refractivity contribution is -0.136. The van der Waals surface area contributed by atoms with Crippen molar-refractivity contribution in [3.63, 3.8) is 0 Å². The molecule has 1 atom stereocenters. The Morgan fingerprint density at radius 1 is 1.29 bits per heavy atom. The molecule has 1 rings (SSSR count). The SMILES string of the molecule is N[C@H](CCC(F)(F)F)c1c(O)cc(Cl)cc1Cl. The molecule has 0 saturated carbocycles. The summed E-state index contributed by atoms with van der Waals surface area (Å²) in [5, 5.41) is 9.80. The van der Waals surface area contributed by atoms with E-state index in [1.165, 1.54) is 12.1 Å². The Bertz CT molecular complexity index is 386. The van der Waals surface area contributed by atoms with Crippen LogP contribution in [0, 0.1) is 0 Å². The van der Waals surface area contributed by atoms with Gasteiger partial charge in [0.25, 0.3) is 0 Å². The standard InChI is InChI=1S/C10H10Cl2F3NO/c11-5-3-6(12)9(8(17)4-5)7(16)1-2-10(13,14)15/h3-4,7,17H,1-2,16H2/t7-/m1/s1. The number of benzene rings is 1. The number of phenolic OH excluding ortho intramolecular Hbond substituents is 1. The summed E-state index contributed by atoms with van der Waals surface area (Å²) >= 11 is 11.4. The van der Waals surface area contributed by atoms with Crippen molar-refractivity contribution in [1.82, 2.24) is 0 Å². The molecule has 0 heterocycles. The van der Waals surface area contributed by atoms with Gasteiger partial charge >= 0.3 is 6.18 Å². The second kappa shape index (κ2) is 5.33. The first-order valence-electron chi connectivity index (χ1n) is 4.71. The van der Waals surface area contributed by atoms with Gasteiger partial charge in [-0.1, -0.05) is 23.2 Å². The van der Waals surface area contributed by atoms with Gasteiger partial charge in [-0.2, -0.15) is 13.2 Å². The maximum atomic E-state index is 12.0. The van der Waals surface area contributed by atoms with Crippen molar-refractivity contribution in [1.29, 1.82) is 0 Å². The van der Waals surface area contributed by atoms with Gasteiger partial charge in [-0.3, -0.25) is 0 Å². The normalized spacial score (nSPS) is 13.8. The first kappa shape index (κ1) is 14.4. The van der Waals surface area contributed by atoms with Gasteiger partial charge in [0.05, 0.1) is 5.02 Å². The van der Waals surface area contributed by atoms with Crippen molar-refractivity contribution >= 4 is 23.2 Å². The Morgan fingerprint density at radius 3 is 2.35 bits per heavy atom. The number of alkyl halides is 3. The van der Waals surface area contributed by atoms with Gasteiger partial charge < -0.3 is 10.8 Å². The topological polar surface area (TPSA) is 46.2 Å². The highest BCUT2D eigenvalue weighted by molar-refractivity contribution is 6.35. The molecule has 0 unspecified atom stereocenters. The highest BCUT2D eigenvalue weighted by Crippen LogP contribution is 2.36. The smallest absolute Gasteiger partial charge is 0.389 e. The molecule has 0 aliphatic carbocycles. The Morgan fingerprint density at radius 2 is 1.88 bits per heavy atom. The summed E-state index contributed by atoms with van der Waals surface area (Å²) in [6, 6.07) is 1.53. The third kappa shape index (κ3) is 4.26. The maximum Gasteiger partial charge on any atom is 0.389 e. The molecular formula is C10H10Cl2F3NO. The summed E-state index contributed by atoms with van der Waals surface area (Å²) < 4.78 is 36.1. The van der Waals surface area contributed by atoms with Crippen LogP contribution in [0.3, 0.4) is 0 Å². The Kier molecular flexibility index (Phi) is 4.52. The van der Waals surface area contributed by atoms with Gasteiger partial charge in [-0.15, -0.1) is 0 Å². The predicted octanol–water partition coefficient (Wildman–Crippen LogP) is 4.04. The molecule has 0 saturated heterocycles. The highest BCUT2D eigenvalue weighted by atomic mass is 35.5. The maximum absolute atomic E-state index is 12.0. The minimum Gasteiger partial charge on any atom is -0.508 e. The average molecular weight is 288 g/mol. The van der Waals surface area contributed by atoms with Crippen LogP contribution in [0.1, 0.15) is 24.4 Å². The molecule has 0 aliphatic heterocycles. The molecule has 96 valence electrons. The summed E-state index contributed by atoms with van der Waals surface area (Å²) in [5.74, 6) is -0.294. The van der Waals surface area contributed by atoms with Crippen LogP contribution in [-0.2, 0) is 0 Å². The van der Waals surface area contributed by atoms with E-state index < -0.39 is 18.6 Å². The van der Waals surface area contributed by atoms with Crippen LogP contribution in [0.15, 0.2) is 12.1 Å². The molecule has 2 nitrogen and oxygen atoms in total. The molecule has 0 aromatic heterocycles. The van der Waals surface area contributed by atoms with Crippen molar-refractivity contribution in [3.05, 3.63) is 27.7 Å². The van der Waals surface area contributed by atoms with Gasteiger partial charge in [0.2, 0.25) is 0 Å². The van der Waals surface area contributed by atoms with Gasteiger partial charge in [-0.05, 0) is 18.6 Å². The quantitative estimate of drug-likeness (QED) is 0.881. The zero-order chi connectivity index (χ0) is 13.2. The zero-order valence-corrected chi connectivity index (χ0v) is 10.1. The molecule has 0 fully saturated rings. The van der Waals surface area contributed by atoms with E-state index in [1.54, 1.807) is 0 Å². The Balaban J connectivity index is 2.86. The monoisotopic (exact) mass is 287 g/mol. The van der Waals surface area contributed by atoms with Gasteiger partial charge in [-0.25, -0.2) is 0 Å². The number of hydrogen-bond acceptors (Lipinski definition) is 2. The van der Waals surface area contributed by atoms with Crippen molar-refractivity contribution in [2.24, 2.45) is 5.73 Å². The largest absolute Gasteiger partial charge is 0.508 e. The van der Waals surface area contributed by atoms with E-state index in [0.717, 1.165) is 0 Å². The van der Waals surface area contributed by atoms with Gasteiger partial charge in [0, 0.05) is 23.0 Å². The molecule has 1 aromatic rings. The number of halogens is 5. The molecule has 0 aliphatic rings. The molecule has 0 radical (unpaired) electrons. The van der Waals surface area contributed by atoms with E-state index in [1.807, 2.05) is 0 Å². The minimum atomic E-state index is -4.29. The van der Waals surface area contributed by atoms with E-state index in [0.29, 0.717) is 0 Å². The van der Waals surface area contributed by atoms with Crippen molar-refractivity contribution < 1.29 is 18.3 Å². The molecule has 17 heavy (non-hydrogen) atoms. The molecule has 0 amide bonds. The van der Waals surface area contributed by atoms with E-state index in [4.69, 9.17) is 28.9 Å².